The Morgan fingerprint density at radius 2 is 1.67 bits per heavy atom. The van der Waals surface area contributed by atoms with Gasteiger partial charge >= 0.3 is 0 Å². The Morgan fingerprint density at radius 1 is 1.07 bits per heavy atom. The molecule has 1 amide bonds. The van der Waals surface area contributed by atoms with Gasteiger partial charge in [0.2, 0.25) is 15.9 Å². The number of piperidine rings is 1. The summed E-state index contributed by atoms with van der Waals surface area (Å²) in [6.07, 6.45) is 1.18. The van der Waals surface area contributed by atoms with Crippen molar-refractivity contribution in [1.82, 2.24) is 14.1 Å². The Labute approximate surface area is 170 Å². The van der Waals surface area contributed by atoms with Crippen LogP contribution in [0.3, 0.4) is 0 Å². The number of sulfonamides is 1. The number of carbonyl (C=O) groups excluding carboxylic acids is 1. The smallest absolute Gasteiger partial charge is 0.244 e. The molecule has 1 aromatic carbocycles. The predicted molar refractivity (Wildman–Crippen MR) is 109 cm³/mol. The van der Waals surface area contributed by atoms with Crippen molar-refractivity contribution in [2.24, 2.45) is 11.8 Å². The maximum atomic E-state index is 12.9. The van der Waals surface area contributed by atoms with Gasteiger partial charge < -0.3 is 4.90 Å². The van der Waals surface area contributed by atoms with Crippen LogP contribution >= 0.6 is 15.9 Å². The van der Waals surface area contributed by atoms with E-state index in [1.165, 1.54) is 10.7 Å². The normalized spacial score (nSPS) is 25.5. The Morgan fingerprint density at radius 3 is 2.26 bits per heavy atom. The average Bonchev–Trinajstić information content (AvgIpc) is 2.61. The van der Waals surface area contributed by atoms with Crippen molar-refractivity contribution in [3.8, 4) is 0 Å². The van der Waals surface area contributed by atoms with E-state index in [-0.39, 0.29) is 5.91 Å². The first kappa shape index (κ1) is 20.8. The van der Waals surface area contributed by atoms with Gasteiger partial charge in [0.25, 0.3) is 0 Å². The second-order valence-electron chi connectivity index (χ2n) is 7.86. The molecule has 2 saturated heterocycles. The molecule has 27 heavy (non-hydrogen) atoms. The lowest BCUT2D eigenvalue weighted by Crippen LogP contribution is -2.52. The van der Waals surface area contributed by atoms with Crippen LogP contribution < -0.4 is 0 Å². The van der Waals surface area contributed by atoms with E-state index in [1.54, 1.807) is 24.3 Å². The summed E-state index contributed by atoms with van der Waals surface area (Å²) in [6, 6.07) is 6.89. The summed E-state index contributed by atoms with van der Waals surface area (Å²) < 4.78 is 27.8. The fourth-order valence-corrected chi connectivity index (χ4v) is 6.46. The predicted octanol–water partition coefficient (Wildman–Crippen LogP) is 2.26. The number of likely N-dealkylation sites (tertiary alicyclic amines) is 1. The summed E-state index contributed by atoms with van der Waals surface area (Å²) in [5.74, 6) is 1.25. The Balaban J connectivity index is 1.56. The molecule has 0 spiro atoms. The molecule has 0 saturated carbocycles. The second kappa shape index (κ2) is 8.59. The van der Waals surface area contributed by atoms with Gasteiger partial charge in [0, 0.05) is 43.7 Å². The van der Waals surface area contributed by atoms with Crippen LogP contribution in [0.2, 0.25) is 0 Å². The standard InChI is InChI=1S/C19H28BrN3O3S/c1-15-11-16(2)13-22(12-15)19(24)14-21-7-9-23(10-8-21)27(25,26)18-6-4-3-5-17(18)20/h3-6,15-16H,7-14H2,1-2H3. The Kier molecular flexibility index (Phi) is 6.61. The number of hydrogen-bond acceptors (Lipinski definition) is 4. The number of hydrogen-bond donors (Lipinski definition) is 0. The molecule has 1 aromatic rings. The summed E-state index contributed by atoms with van der Waals surface area (Å²) in [4.78, 5) is 17.0. The highest BCUT2D eigenvalue weighted by molar-refractivity contribution is 9.10. The second-order valence-corrected chi connectivity index (χ2v) is 10.6. The molecule has 2 aliphatic rings. The summed E-state index contributed by atoms with van der Waals surface area (Å²) >= 11 is 3.33. The number of rotatable bonds is 4. The molecule has 6 nitrogen and oxygen atoms in total. The number of nitrogens with zero attached hydrogens (tertiary/aromatic N) is 3. The number of halogens is 1. The van der Waals surface area contributed by atoms with Crippen LogP contribution in [0.4, 0.5) is 0 Å². The largest absolute Gasteiger partial charge is 0.341 e. The lowest BCUT2D eigenvalue weighted by atomic mass is 9.92. The fraction of sp³-hybridized carbons (Fsp3) is 0.632. The van der Waals surface area contributed by atoms with Crippen LogP contribution in [0.5, 0.6) is 0 Å². The number of piperazine rings is 1. The highest BCUT2D eigenvalue weighted by Crippen LogP contribution is 2.25. The SMILES string of the molecule is CC1CC(C)CN(C(=O)CN2CCN(S(=O)(=O)c3ccccc3Br)CC2)C1. The van der Waals surface area contributed by atoms with E-state index >= 15 is 0 Å². The minimum atomic E-state index is -3.52. The molecule has 0 radical (unpaired) electrons. The van der Waals surface area contributed by atoms with Crippen LogP contribution in [-0.2, 0) is 14.8 Å². The quantitative estimate of drug-likeness (QED) is 0.695. The Hall–Kier alpha value is -0.960. The van der Waals surface area contributed by atoms with Crippen molar-refractivity contribution in [1.29, 1.82) is 0 Å². The monoisotopic (exact) mass is 457 g/mol. The molecule has 2 atom stereocenters. The van der Waals surface area contributed by atoms with E-state index in [0.29, 0.717) is 53.9 Å². The van der Waals surface area contributed by atoms with Crippen LogP contribution in [0.15, 0.2) is 33.6 Å². The zero-order valence-corrected chi connectivity index (χ0v) is 18.4. The number of benzene rings is 1. The third kappa shape index (κ3) is 4.91. The van der Waals surface area contributed by atoms with Gasteiger partial charge in [-0.05, 0) is 46.3 Å². The minimum Gasteiger partial charge on any atom is -0.341 e. The third-order valence-corrected chi connectivity index (χ3v) is 8.28. The van der Waals surface area contributed by atoms with Crippen LogP contribution in [0, 0.1) is 11.8 Å². The van der Waals surface area contributed by atoms with Crippen molar-refractivity contribution in [3.05, 3.63) is 28.7 Å². The van der Waals surface area contributed by atoms with Crippen LogP contribution in [-0.4, -0.2) is 74.2 Å². The molecule has 3 rings (SSSR count). The van der Waals surface area contributed by atoms with Gasteiger partial charge in [-0.3, -0.25) is 9.69 Å². The first-order valence-corrected chi connectivity index (χ1v) is 11.8. The lowest BCUT2D eigenvalue weighted by Gasteiger charge is -2.38. The van der Waals surface area contributed by atoms with Crippen LogP contribution in [0.1, 0.15) is 20.3 Å². The van der Waals surface area contributed by atoms with Crippen molar-refractivity contribution < 1.29 is 13.2 Å². The highest BCUT2D eigenvalue weighted by atomic mass is 79.9. The average molecular weight is 458 g/mol. The maximum Gasteiger partial charge on any atom is 0.244 e. The third-order valence-electron chi connectivity index (χ3n) is 5.37. The van der Waals surface area contributed by atoms with Crippen molar-refractivity contribution in [2.75, 3.05) is 45.8 Å². The van der Waals surface area contributed by atoms with E-state index in [4.69, 9.17) is 0 Å². The molecule has 8 heteroatoms. The molecule has 2 unspecified atom stereocenters. The van der Waals surface area contributed by atoms with Gasteiger partial charge in [0.1, 0.15) is 0 Å². The topological polar surface area (TPSA) is 60.9 Å². The maximum absolute atomic E-state index is 12.9. The van der Waals surface area contributed by atoms with Gasteiger partial charge in [-0.15, -0.1) is 0 Å². The molecule has 0 bridgehead atoms. The zero-order chi connectivity index (χ0) is 19.6. The van der Waals surface area contributed by atoms with Gasteiger partial charge in [-0.2, -0.15) is 4.31 Å². The molecular formula is C19H28BrN3O3S. The molecule has 2 heterocycles. The van der Waals surface area contributed by atoms with E-state index in [1.807, 2.05) is 4.90 Å². The van der Waals surface area contributed by atoms with Gasteiger partial charge in [0.05, 0.1) is 11.4 Å². The molecule has 0 aromatic heterocycles. The van der Waals surface area contributed by atoms with E-state index < -0.39 is 10.0 Å². The molecule has 0 N–H and O–H groups in total. The van der Waals surface area contributed by atoms with Gasteiger partial charge in [0.15, 0.2) is 0 Å². The Bertz CT molecular complexity index is 768. The van der Waals surface area contributed by atoms with E-state index in [0.717, 1.165) is 13.1 Å². The van der Waals surface area contributed by atoms with Gasteiger partial charge in [-0.1, -0.05) is 26.0 Å². The van der Waals surface area contributed by atoms with Crippen LogP contribution in [0.25, 0.3) is 0 Å². The summed E-state index contributed by atoms with van der Waals surface area (Å²) in [6.45, 7) is 8.40. The van der Waals surface area contributed by atoms with Crippen molar-refractivity contribution in [3.63, 3.8) is 0 Å². The van der Waals surface area contributed by atoms with Gasteiger partial charge in [-0.25, -0.2) is 8.42 Å². The molecule has 150 valence electrons. The van der Waals surface area contributed by atoms with E-state index in [9.17, 15) is 13.2 Å². The molecular weight excluding hydrogens is 430 g/mol. The summed E-state index contributed by atoms with van der Waals surface area (Å²) in [5, 5.41) is 0. The summed E-state index contributed by atoms with van der Waals surface area (Å²) in [5.41, 5.74) is 0. The number of carbonyl (C=O) groups is 1. The lowest BCUT2D eigenvalue weighted by molar-refractivity contribution is -0.135. The highest BCUT2D eigenvalue weighted by Gasteiger charge is 2.32. The fourth-order valence-electron chi connectivity index (χ4n) is 4.08. The zero-order valence-electron chi connectivity index (χ0n) is 16.0. The molecule has 2 aliphatic heterocycles. The molecule has 0 aliphatic carbocycles. The minimum absolute atomic E-state index is 0.163. The first-order valence-electron chi connectivity index (χ1n) is 9.52. The molecule has 2 fully saturated rings. The van der Waals surface area contributed by atoms with Crippen molar-refractivity contribution in [2.45, 2.75) is 25.2 Å². The summed E-state index contributed by atoms with van der Waals surface area (Å²) in [7, 11) is -3.52. The first-order chi connectivity index (χ1) is 12.8. The number of amides is 1. The van der Waals surface area contributed by atoms with Crippen molar-refractivity contribution >= 4 is 31.9 Å². The van der Waals surface area contributed by atoms with E-state index in [2.05, 4.69) is 34.7 Å².